The van der Waals surface area contributed by atoms with Gasteiger partial charge in [0.15, 0.2) is 0 Å². The maximum absolute atomic E-state index is 9.96. The van der Waals surface area contributed by atoms with Gasteiger partial charge in [0, 0.05) is 25.0 Å². The quantitative estimate of drug-likeness (QED) is 0.792. The molecule has 0 aliphatic rings. The highest BCUT2D eigenvalue weighted by atomic mass is 32.2. The van der Waals surface area contributed by atoms with E-state index in [1.807, 2.05) is 32.2 Å². The number of pyridine rings is 1. The van der Waals surface area contributed by atoms with Crippen LogP contribution >= 0.6 is 11.8 Å². The van der Waals surface area contributed by atoms with Crippen LogP contribution in [0.2, 0.25) is 0 Å². The zero-order valence-corrected chi connectivity index (χ0v) is 11.0. The van der Waals surface area contributed by atoms with Crippen molar-refractivity contribution in [1.82, 2.24) is 10.3 Å². The summed E-state index contributed by atoms with van der Waals surface area (Å²) in [5, 5.41) is 13.2. The lowest BCUT2D eigenvalue weighted by atomic mass is 10.1. The van der Waals surface area contributed by atoms with Gasteiger partial charge < -0.3 is 10.4 Å². The Balaban J connectivity index is 2.39. The van der Waals surface area contributed by atoms with E-state index in [0.717, 1.165) is 11.4 Å². The summed E-state index contributed by atoms with van der Waals surface area (Å²) in [6, 6.07) is 3.98. The maximum atomic E-state index is 9.96. The van der Waals surface area contributed by atoms with Crippen LogP contribution in [0.4, 0.5) is 0 Å². The molecule has 4 heteroatoms. The van der Waals surface area contributed by atoms with Crippen molar-refractivity contribution < 1.29 is 5.11 Å². The molecular weight excluding hydrogens is 220 g/mol. The van der Waals surface area contributed by atoms with Crippen molar-refractivity contribution >= 4 is 11.8 Å². The van der Waals surface area contributed by atoms with E-state index in [2.05, 4.69) is 10.3 Å². The fourth-order valence-corrected chi connectivity index (χ4v) is 2.24. The number of rotatable bonds is 6. The van der Waals surface area contributed by atoms with Gasteiger partial charge in [0.2, 0.25) is 0 Å². The van der Waals surface area contributed by atoms with Gasteiger partial charge in [-0.2, -0.15) is 11.8 Å². The summed E-state index contributed by atoms with van der Waals surface area (Å²) in [6.45, 7) is 5.19. The molecule has 1 aromatic heterocycles. The van der Waals surface area contributed by atoms with Crippen molar-refractivity contribution in [1.29, 1.82) is 0 Å². The van der Waals surface area contributed by atoms with Crippen molar-refractivity contribution in [3.8, 4) is 0 Å². The number of aliphatic hydroxyl groups is 1. The highest BCUT2D eigenvalue weighted by Gasteiger charge is 2.18. The fraction of sp³-hybridized carbons (Fsp3) is 0.583. The van der Waals surface area contributed by atoms with Crippen LogP contribution in [0.1, 0.15) is 18.2 Å². The summed E-state index contributed by atoms with van der Waals surface area (Å²) in [6.07, 6.45) is 3.79. The molecule has 1 atom stereocenters. The predicted molar refractivity (Wildman–Crippen MR) is 69.7 cm³/mol. The fourth-order valence-electron chi connectivity index (χ4n) is 1.52. The van der Waals surface area contributed by atoms with Crippen LogP contribution in [0, 0.1) is 6.92 Å². The molecule has 90 valence electrons. The Labute approximate surface area is 102 Å². The van der Waals surface area contributed by atoms with Crippen molar-refractivity contribution in [2.45, 2.75) is 26.0 Å². The lowest BCUT2D eigenvalue weighted by Gasteiger charge is -2.22. The number of nitrogens with one attached hydrogen (secondary N) is 1. The van der Waals surface area contributed by atoms with Crippen LogP contribution in [0.3, 0.4) is 0 Å². The summed E-state index contributed by atoms with van der Waals surface area (Å²) in [5.41, 5.74) is 1.57. The second kappa shape index (κ2) is 6.23. The molecule has 0 spiro atoms. The summed E-state index contributed by atoms with van der Waals surface area (Å²) in [4.78, 5) is 4.29. The van der Waals surface area contributed by atoms with Crippen LogP contribution in [0.15, 0.2) is 18.3 Å². The van der Waals surface area contributed by atoms with E-state index in [9.17, 15) is 5.11 Å². The van der Waals surface area contributed by atoms with E-state index in [1.165, 1.54) is 5.56 Å². The van der Waals surface area contributed by atoms with Crippen LogP contribution in [0.25, 0.3) is 0 Å². The van der Waals surface area contributed by atoms with Crippen molar-refractivity contribution in [3.63, 3.8) is 0 Å². The first-order valence-electron chi connectivity index (χ1n) is 5.38. The van der Waals surface area contributed by atoms with Crippen molar-refractivity contribution in [2.24, 2.45) is 0 Å². The largest absolute Gasteiger partial charge is 0.388 e. The Morgan fingerprint density at radius 3 is 2.94 bits per heavy atom. The summed E-state index contributed by atoms with van der Waals surface area (Å²) in [5.74, 6) is 0.737. The molecule has 1 unspecified atom stereocenters. The molecule has 0 fully saturated rings. The van der Waals surface area contributed by atoms with Crippen LogP contribution < -0.4 is 5.32 Å². The molecule has 0 saturated heterocycles. The Kier molecular flexibility index (Phi) is 5.25. The van der Waals surface area contributed by atoms with Gasteiger partial charge in [0.05, 0.1) is 11.3 Å². The molecule has 0 aliphatic heterocycles. The predicted octanol–water partition coefficient (Wildman–Crippen LogP) is 1.59. The summed E-state index contributed by atoms with van der Waals surface area (Å²) >= 11 is 1.65. The number of aryl methyl sites for hydroxylation is 1. The second-order valence-corrected chi connectivity index (χ2v) is 5.17. The lowest BCUT2D eigenvalue weighted by Crippen LogP contribution is -2.39. The maximum Gasteiger partial charge on any atom is 0.0833 e. The molecule has 2 N–H and O–H groups in total. The molecule has 1 heterocycles. The molecule has 0 aromatic carbocycles. The third-order valence-corrected chi connectivity index (χ3v) is 3.28. The first-order valence-corrected chi connectivity index (χ1v) is 6.77. The molecule has 1 rings (SSSR count). The third-order valence-electron chi connectivity index (χ3n) is 2.37. The van der Waals surface area contributed by atoms with E-state index in [1.54, 1.807) is 18.0 Å². The molecule has 16 heavy (non-hydrogen) atoms. The molecule has 3 nitrogen and oxygen atoms in total. The number of hydrogen-bond acceptors (Lipinski definition) is 4. The first kappa shape index (κ1) is 13.5. The van der Waals surface area contributed by atoms with Gasteiger partial charge in [-0.25, -0.2) is 0 Å². The Morgan fingerprint density at radius 1 is 1.56 bits per heavy atom. The smallest absolute Gasteiger partial charge is 0.0833 e. The van der Waals surface area contributed by atoms with E-state index < -0.39 is 5.60 Å². The molecule has 0 saturated carbocycles. The summed E-state index contributed by atoms with van der Waals surface area (Å²) in [7, 11) is 0. The highest BCUT2D eigenvalue weighted by molar-refractivity contribution is 7.98. The van der Waals surface area contributed by atoms with E-state index >= 15 is 0 Å². The topological polar surface area (TPSA) is 45.1 Å². The van der Waals surface area contributed by atoms with Gasteiger partial charge >= 0.3 is 0 Å². The lowest BCUT2D eigenvalue weighted by molar-refractivity contribution is 0.0845. The summed E-state index contributed by atoms with van der Waals surface area (Å²) < 4.78 is 0. The minimum atomic E-state index is -0.651. The number of aromatic nitrogens is 1. The van der Waals surface area contributed by atoms with Crippen LogP contribution in [-0.2, 0) is 6.54 Å². The van der Waals surface area contributed by atoms with Gasteiger partial charge in [-0.15, -0.1) is 0 Å². The Morgan fingerprint density at radius 2 is 2.31 bits per heavy atom. The molecular formula is C12H20N2OS. The average molecular weight is 240 g/mol. The van der Waals surface area contributed by atoms with Gasteiger partial charge in [-0.1, -0.05) is 6.07 Å². The third kappa shape index (κ3) is 4.51. The first-order chi connectivity index (χ1) is 7.55. The SMILES string of the molecule is CSCC(C)(O)CNCc1ncccc1C. The van der Waals surface area contributed by atoms with Crippen molar-refractivity contribution in [3.05, 3.63) is 29.6 Å². The zero-order chi connectivity index (χ0) is 12.0. The Bertz CT molecular complexity index is 329. The standard InChI is InChI=1S/C12H20N2OS/c1-10-5-4-6-14-11(10)7-13-8-12(2,15)9-16-3/h4-6,13,15H,7-9H2,1-3H3. The minimum absolute atomic E-state index is 0.587. The molecule has 0 bridgehead atoms. The molecule has 0 amide bonds. The van der Waals surface area contributed by atoms with E-state index in [4.69, 9.17) is 0 Å². The van der Waals surface area contributed by atoms with Crippen LogP contribution in [0.5, 0.6) is 0 Å². The normalized spacial score (nSPS) is 14.8. The number of nitrogens with zero attached hydrogens (tertiary/aromatic N) is 1. The second-order valence-electron chi connectivity index (χ2n) is 4.30. The highest BCUT2D eigenvalue weighted by Crippen LogP contribution is 2.09. The molecule has 0 radical (unpaired) electrons. The molecule has 1 aromatic rings. The number of hydrogen-bond donors (Lipinski definition) is 2. The van der Waals surface area contributed by atoms with Gasteiger partial charge in [-0.3, -0.25) is 4.98 Å². The van der Waals surface area contributed by atoms with Crippen molar-refractivity contribution in [2.75, 3.05) is 18.6 Å². The van der Waals surface area contributed by atoms with E-state index in [0.29, 0.717) is 13.1 Å². The monoisotopic (exact) mass is 240 g/mol. The number of thioether (sulfide) groups is 1. The van der Waals surface area contributed by atoms with Gasteiger partial charge in [-0.05, 0) is 31.7 Å². The average Bonchev–Trinajstić information content (AvgIpc) is 2.20. The van der Waals surface area contributed by atoms with E-state index in [-0.39, 0.29) is 0 Å². The zero-order valence-electron chi connectivity index (χ0n) is 10.2. The van der Waals surface area contributed by atoms with Gasteiger partial charge in [0.25, 0.3) is 0 Å². The minimum Gasteiger partial charge on any atom is -0.388 e. The Hall–Kier alpha value is -0.580. The van der Waals surface area contributed by atoms with Crippen LogP contribution in [-0.4, -0.2) is 34.2 Å². The van der Waals surface area contributed by atoms with Gasteiger partial charge in [0.1, 0.15) is 0 Å². The molecule has 0 aliphatic carbocycles.